The van der Waals surface area contributed by atoms with Crippen molar-refractivity contribution in [2.75, 3.05) is 13.6 Å². The maximum absolute atomic E-state index is 3.40. The first kappa shape index (κ1) is 10.8. The van der Waals surface area contributed by atoms with Gasteiger partial charge in [0.1, 0.15) is 0 Å². The van der Waals surface area contributed by atoms with Gasteiger partial charge in [0, 0.05) is 22.2 Å². The zero-order chi connectivity index (χ0) is 11.1. The van der Waals surface area contributed by atoms with Crippen molar-refractivity contribution in [3.63, 3.8) is 0 Å². The number of hydrogen-bond acceptors (Lipinski definition) is 2. The third kappa shape index (κ3) is 1.72. The van der Waals surface area contributed by atoms with Gasteiger partial charge in [-0.3, -0.25) is 0 Å². The van der Waals surface area contributed by atoms with Crippen LogP contribution in [0.5, 0.6) is 0 Å². The van der Waals surface area contributed by atoms with Crippen LogP contribution in [0.1, 0.15) is 41.0 Å². The highest BCUT2D eigenvalue weighted by atomic mass is 32.1. The highest BCUT2D eigenvalue weighted by Crippen LogP contribution is 2.54. The molecule has 0 aliphatic heterocycles. The van der Waals surface area contributed by atoms with Gasteiger partial charge in [-0.15, -0.1) is 11.3 Å². The topological polar surface area (TPSA) is 12.0 Å². The maximum atomic E-state index is 3.40. The van der Waals surface area contributed by atoms with Gasteiger partial charge in [0.15, 0.2) is 0 Å². The quantitative estimate of drug-likeness (QED) is 0.848. The Labute approximate surface area is 102 Å². The summed E-state index contributed by atoms with van der Waals surface area (Å²) in [7, 11) is 2.09. The summed E-state index contributed by atoms with van der Waals surface area (Å²) < 4.78 is 0. The Balaban J connectivity index is 1.94. The molecule has 2 unspecified atom stereocenters. The van der Waals surface area contributed by atoms with Gasteiger partial charge < -0.3 is 5.32 Å². The SMILES string of the molecule is CCc1cc2c(s1)CCC1CC1[C@H]2CNC. The smallest absolute Gasteiger partial charge is 0.00836 e. The van der Waals surface area contributed by atoms with Crippen LogP contribution in [-0.2, 0) is 12.8 Å². The average molecular weight is 235 g/mol. The van der Waals surface area contributed by atoms with Gasteiger partial charge in [0.2, 0.25) is 0 Å². The van der Waals surface area contributed by atoms with Gasteiger partial charge in [0.25, 0.3) is 0 Å². The van der Waals surface area contributed by atoms with Gasteiger partial charge >= 0.3 is 0 Å². The predicted molar refractivity (Wildman–Crippen MR) is 70.3 cm³/mol. The van der Waals surface area contributed by atoms with Gasteiger partial charge in [-0.05, 0) is 56.2 Å². The summed E-state index contributed by atoms with van der Waals surface area (Å²) in [5, 5.41) is 3.40. The van der Waals surface area contributed by atoms with Gasteiger partial charge in [-0.1, -0.05) is 6.92 Å². The lowest BCUT2D eigenvalue weighted by Gasteiger charge is -2.15. The fourth-order valence-corrected chi connectivity index (χ4v) is 4.50. The molecule has 2 heteroatoms. The Kier molecular flexibility index (Phi) is 2.80. The molecule has 88 valence electrons. The van der Waals surface area contributed by atoms with E-state index in [0.717, 1.165) is 17.8 Å². The molecule has 0 amide bonds. The molecule has 3 rings (SSSR count). The van der Waals surface area contributed by atoms with E-state index >= 15 is 0 Å². The minimum atomic E-state index is 0.809. The van der Waals surface area contributed by atoms with Gasteiger partial charge in [-0.2, -0.15) is 0 Å². The Hall–Kier alpha value is -0.340. The van der Waals surface area contributed by atoms with E-state index < -0.39 is 0 Å². The number of aryl methyl sites for hydroxylation is 2. The van der Waals surface area contributed by atoms with Crippen molar-refractivity contribution in [2.45, 2.75) is 38.5 Å². The number of thiophene rings is 1. The number of nitrogens with one attached hydrogen (secondary N) is 1. The zero-order valence-electron chi connectivity index (χ0n) is 10.3. The van der Waals surface area contributed by atoms with Crippen molar-refractivity contribution in [3.05, 3.63) is 21.4 Å². The van der Waals surface area contributed by atoms with Crippen LogP contribution < -0.4 is 5.32 Å². The Bertz CT molecular complexity index is 382. The molecule has 2 aliphatic carbocycles. The normalized spacial score (nSPS) is 31.8. The van der Waals surface area contributed by atoms with E-state index in [1.807, 2.05) is 0 Å². The van der Waals surface area contributed by atoms with Crippen LogP contribution in [0.25, 0.3) is 0 Å². The molecule has 0 spiro atoms. The Morgan fingerprint density at radius 2 is 2.38 bits per heavy atom. The van der Waals surface area contributed by atoms with E-state index in [-0.39, 0.29) is 0 Å². The lowest BCUT2D eigenvalue weighted by atomic mass is 9.94. The van der Waals surface area contributed by atoms with Crippen LogP contribution in [0.4, 0.5) is 0 Å². The molecular weight excluding hydrogens is 214 g/mol. The molecule has 2 aliphatic rings. The second-order valence-electron chi connectivity index (χ2n) is 5.31. The van der Waals surface area contributed by atoms with Crippen LogP contribution in [0.2, 0.25) is 0 Å². The first-order chi connectivity index (χ1) is 7.83. The first-order valence-electron chi connectivity index (χ1n) is 6.59. The van der Waals surface area contributed by atoms with Crippen molar-refractivity contribution >= 4 is 11.3 Å². The summed E-state index contributed by atoms with van der Waals surface area (Å²) in [6, 6.07) is 2.50. The van der Waals surface area contributed by atoms with E-state index in [1.165, 1.54) is 32.2 Å². The second kappa shape index (κ2) is 4.15. The van der Waals surface area contributed by atoms with E-state index in [4.69, 9.17) is 0 Å². The van der Waals surface area contributed by atoms with Gasteiger partial charge in [-0.25, -0.2) is 0 Å². The average Bonchev–Trinajstić information content (AvgIpc) is 2.97. The molecule has 0 saturated heterocycles. The summed E-state index contributed by atoms with van der Waals surface area (Å²) in [6.45, 7) is 3.45. The maximum Gasteiger partial charge on any atom is 0.00836 e. The predicted octanol–water partition coefficient (Wildman–Crippen LogP) is 3.20. The molecule has 1 heterocycles. The summed E-state index contributed by atoms with van der Waals surface area (Å²) in [6.07, 6.45) is 5.49. The van der Waals surface area contributed by atoms with Crippen LogP contribution in [0, 0.1) is 11.8 Å². The van der Waals surface area contributed by atoms with Crippen molar-refractivity contribution < 1.29 is 0 Å². The van der Waals surface area contributed by atoms with Crippen LogP contribution >= 0.6 is 11.3 Å². The fourth-order valence-electron chi connectivity index (χ4n) is 3.31. The van der Waals surface area contributed by atoms with Crippen LogP contribution in [0.15, 0.2) is 6.07 Å². The second-order valence-corrected chi connectivity index (χ2v) is 6.53. The van der Waals surface area contributed by atoms with Crippen molar-refractivity contribution in [3.8, 4) is 0 Å². The Morgan fingerprint density at radius 1 is 1.50 bits per heavy atom. The van der Waals surface area contributed by atoms with Crippen molar-refractivity contribution in [1.29, 1.82) is 0 Å². The number of likely N-dealkylation sites (N-methyl/N-ethyl adjacent to an activating group) is 1. The number of fused-ring (bicyclic) bond motifs is 2. The fraction of sp³-hybridized carbons (Fsp3) is 0.714. The molecule has 1 aromatic rings. The molecule has 1 nitrogen and oxygen atoms in total. The first-order valence-corrected chi connectivity index (χ1v) is 7.41. The van der Waals surface area contributed by atoms with Gasteiger partial charge in [0.05, 0.1) is 0 Å². The van der Waals surface area contributed by atoms with Crippen LogP contribution in [0.3, 0.4) is 0 Å². The zero-order valence-corrected chi connectivity index (χ0v) is 11.1. The summed E-state index contributed by atoms with van der Waals surface area (Å²) >= 11 is 2.07. The number of hydrogen-bond donors (Lipinski definition) is 1. The van der Waals surface area contributed by atoms with Crippen molar-refractivity contribution in [1.82, 2.24) is 5.32 Å². The largest absolute Gasteiger partial charge is 0.319 e. The molecule has 1 fully saturated rings. The molecule has 16 heavy (non-hydrogen) atoms. The molecule has 3 atom stereocenters. The molecule has 1 N–H and O–H groups in total. The molecule has 1 aromatic heterocycles. The number of rotatable bonds is 3. The standard InChI is InChI=1S/C14H21NS/c1-3-10-7-12-13(8-15-2)11-6-9(11)4-5-14(12)16-10/h7,9,11,13,15H,3-6,8H2,1-2H3/t9?,11?,13-/m1/s1. The molecule has 0 bridgehead atoms. The van der Waals surface area contributed by atoms with Crippen molar-refractivity contribution in [2.24, 2.45) is 11.8 Å². The summed E-state index contributed by atoms with van der Waals surface area (Å²) in [5.41, 5.74) is 1.70. The summed E-state index contributed by atoms with van der Waals surface area (Å²) in [5.74, 6) is 2.85. The molecular formula is C14H21NS. The molecule has 1 saturated carbocycles. The third-order valence-electron chi connectivity index (χ3n) is 4.30. The minimum absolute atomic E-state index is 0.809. The lowest BCUT2D eigenvalue weighted by Crippen LogP contribution is -2.19. The lowest BCUT2D eigenvalue weighted by molar-refractivity contribution is 0.534. The van der Waals surface area contributed by atoms with Crippen LogP contribution in [-0.4, -0.2) is 13.6 Å². The summed E-state index contributed by atoms with van der Waals surface area (Å²) in [4.78, 5) is 3.29. The molecule has 0 aromatic carbocycles. The minimum Gasteiger partial charge on any atom is -0.319 e. The highest BCUT2D eigenvalue weighted by molar-refractivity contribution is 7.12. The Morgan fingerprint density at radius 3 is 3.12 bits per heavy atom. The highest BCUT2D eigenvalue weighted by Gasteiger charge is 2.45. The van der Waals surface area contributed by atoms with E-state index in [9.17, 15) is 0 Å². The third-order valence-corrected chi connectivity index (χ3v) is 5.66. The van der Waals surface area contributed by atoms with E-state index in [2.05, 4.69) is 36.7 Å². The van der Waals surface area contributed by atoms with E-state index in [0.29, 0.717) is 0 Å². The molecule has 0 radical (unpaired) electrons. The monoisotopic (exact) mass is 235 g/mol. The van der Waals surface area contributed by atoms with E-state index in [1.54, 1.807) is 15.3 Å².